The summed E-state index contributed by atoms with van der Waals surface area (Å²) in [4.78, 5) is 23.1. The number of amides is 1. The van der Waals surface area contributed by atoms with Crippen LogP contribution in [0.15, 0.2) is 76.8 Å². The van der Waals surface area contributed by atoms with Gasteiger partial charge in [-0.25, -0.2) is 8.42 Å². The number of carbonyl (C=O) groups excluding carboxylic acids is 1. The summed E-state index contributed by atoms with van der Waals surface area (Å²) in [5, 5.41) is 5.89. The molecule has 2 N–H and O–H groups in total. The number of halogens is 2. The monoisotopic (exact) mass is 449 g/mol. The molecule has 3 rings (SSSR count). The maximum atomic E-state index is 12.6. The van der Waals surface area contributed by atoms with Crippen LogP contribution in [0.3, 0.4) is 0 Å². The van der Waals surface area contributed by atoms with Crippen LogP contribution in [0, 0.1) is 4.91 Å². The number of rotatable bonds is 6. The van der Waals surface area contributed by atoms with Crippen LogP contribution < -0.4 is 10.0 Å². The number of nitrogens with one attached hydrogen (secondary N) is 2. The lowest BCUT2D eigenvalue weighted by Crippen LogP contribution is -2.16. The molecule has 3 aromatic rings. The highest BCUT2D eigenvalue weighted by Gasteiger charge is 2.19. The van der Waals surface area contributed by atoms with Crippen molar-refractivity contribution < 1.29 is 13.2 Å². The third-order valence-corrected chi connectivity index (χ3v) is 5.76. The van der Waals surface area contributed by atoms with Gasteiger partial charge in [0.15, 0.2) is 0 Å². The van der Waals surface area contributed by atoms with Crippen LogP contribution in [0.25, 0.3) is 0 Å². The number of carbonyl (C=O) groups is 1. The van der Waals surface area contributed by atoms with Crippen molar-refractivity contribution >= 4 is 56.2 Å². The average Bonchev–Trinajstić information content (AvgIpc) is 2.69. The summed E-state index contributed by atoms with van der Waals surface area (Å²) in [6, 6.07) is 15.8. The van der Waals surface area contributed by atoms with E-state index in [0.717, 1.165) is 6.07 Å². The fourth-order valence-electron chi connectivity index (χ4n) is 2.42. The Morgan fingerprint density at radius 3 is 2.31 bits per heavy atom. The summed E-state index contributed by atoms with van der Waals surface area (Å²) < 4.78 is 27.7. The van der Waals surface area contributed by atoms with Gasteiger partial charge >= 0.3 is 0 Å². The smallest absolute Gasteiger partial charge is 0.261 e. The molecule has 0 atom stereocenters. The summed E-state index contributed by atoms with van der Waals surface area (Å²) in [7, 11) is -3.97. The third-order valence-electron chi connectivity index (χ3n) is 3.80. The van der Waals surface area contributed by atoms with E-state index in [0.29, 0.717) is 16.4 Å². The van der Waals surface area contributed by atoms with E-state index >= 15 is 0 Å². The third kappa shape index (κ3) is 5.11. The van der Waals surface area contributed by atoms with Crippen LogP contribution in [0.5, 0.6) is 0 Å². The fraction of sp³-hybridized carbons (Fsp3) is 0. The normalized spacial score (nSPS) is 11.0. The minimum absolute atomic E-state index is 0.0462. The van der Waals surface area contributed by atoms with E-state index in [-0.39, 0.29) is 21.2 Å². The van der Waals surface area contributed by atoms with Crippen LogP contribution in [0.1, 0.15) is 10.4 Å². The largest absolute Gasteiger partial charge is 0.322 e. The quantitative estimate of drug-likeness (QED) is 0.488. The molecule has 0 bridgehead atoms. The molecule has 0 aliphatic rings. The molecule has 0 heterocycles. The molecule has 0 aliphatic heterocycles. The molecular formula is C19H13Cl2N3O4S. The first-order valence-corrected chi connectivity index (χ1v) is 10.3. The van der Waals surface area contributed by atoms with E-state index < -0.39 is 15.9 Å². The maximum Gasteiger partial charge on any atom is 0.261 e. The minimum atomic E-state index is -3.97. The van der Waals surface area contributed by atoms with Gasteiger partial charge in [-0.2, -0.15) is 0 Å². The molecule has 0 radical (unpaired) electrons. The molecule has 0 spiro atoms. The summed E-state index contributed by atoms with van der Waals surface area (Å²) in [5.41, 5.74) is 0.719. The van der Waals surface area contributed by atoms with Crippen LogP contribution >= 0.6 is 23.2 Å². The average molecular weight is 450 g/mol. The molecule has 10 heteroatoms. The first-order chi connectivity index (χ1) is 13.8. The van der Waals surface area contributed by atoms with E-state index in [1.54, 1.807) is 24.3 Å². The summed E-state index contributed by atoms with van der Waals surface area (Å²) >= 11 is 11.9. The van der Waals surface area contributed by atoms with Gasteiger partial charge in [0.25, 0.3) is 15.9 Å². The van der Waals surface area contributed by atoms with Gasteiger partial charge in [-0.3, -0.25) is 9.52 Å². The zero-order valence-corrected chi connectivity index (χ0v) is 16.9. The predicted molar refractivity (Wildman–Crippen MR) is 114 cm³/mol. The summed E-state index contributed by atoms with van der Waals surface area (Å²) in [6.07, 6.45) is 0. The Kier molecular flexibility index (Phi) is 6.17. The highest BCUT2D eigenvalue weighted by molar-refractivity contribution is 7.92. The maximum absolute atomic E-state index is 12.6. The Labute approximate surface area is 176 Å². The van der Waals surface area contributed by atoms with Gasteiger partial charge in [0, 0.05) is 16.4 Å². The van der Waals surface area contributed by atoms with Gasteiger partial charge < -0.3 is 5.32 Å². The Morgan fingerprint density at radius 1 is 0.897 bits per heavy atom. The van der Waals surface area contributed by atoms with E-state index in [1.807, 2.05) is 0 Å². The van der Waals surface area contributed by atoms with Crippen molar-refractivity contribution in [2.24, 2.45) is 5.18 Å². The van der Waals surface area contributed by atoms with Crippen LogP contribution in [0.4, 0.5) is 17.1 Å². The van der Waals surface area contributed by atoms with E-state index in [4.69, 9.17) is 23.2 Å². The van der Waals surface area contributed by atoms with E-state index in [1.165, 1.54) is 36.4 Å². The highest BCUT2D eigenvalue weighted by atomic mass is 35.5. The van der Waals surface area contributed by atoms with Crippen molar-refractivity contribution in [2.45, 2.75) is 4.90 Å². The van der Waals surface area contributed by atoms with Crippen molar-refractivity contribution in [3.63, 3.8) is 0 Å². The Bertz CT molecular complexity index is 1180. The number of benzene rings is 3. The first-order valence-electron chi connectivity index (χ1n) is 8.11. The highest BCUT2D eigenvalue weighted by Crippen LogP contribution is 2.25. The van der Waals surface area contributed by atoms with Gasteiger partial charge in [0.05, 0.1) is 15.5 Å². The van der Waals surface area contributed by atoms with Crippen molar-refractivity contribution in [3.8, 4) is 0 Å². The summed E-state index contributed by atoms with van der Waals surface area (Å²) in [6.45, 7) is 0. The van der Waals surface area contributed by atoms with Crippen molar-refractivity contribution in [1.82, 2.24) is 0 Å². The van der Waals surface area contributed by atoms with E-state index in [9.17, 15) is 18.1 Å². The molecule has 0 saturated heterocycles. The SMILES string of the molecule is O=Nc1cccc(NC(=O)c2cc(S(=O)(=O)Nc3ccc(Cl)cc3)ccc2Cl)c1. The lowest BCUT2D eigenvalue weighted by Gasteiger charge is -2.11. The van der Waals surface area contributed by atoms with Gasteiger partial charge in [-0.15, -0.1) is 4.91 Å². The van der Waals surface area contributed by atoms with Crippen molar-refractivity contribution in [2.75, 3.05) is 10.0 Å². The zero-order chi connectivity index (χ0) is 21.0. The van der Waals surface area contributed by atoms with Crippen molar-refractivity contribution in [3.05, 3.63) is 87.2 Å². The molecule has 29 heavy (non-hydrogen) atoms. The lowest BCUT2D eigenvalue weighted by atomic mass is 10.2. The van der Waals surface area contributed by atoms with E-state index in [2.05, 4.69) is 15.2 Å². The second-order valence-electron chi connectivity index (χ2n) is 5.85. The number of hydrogen-bond donors (Lipinski definition) is 2. The Hall–Kier alpha value is -2.94. The van der Waals surface area contributed by atoms with Crippen LogP contribution in [-0.4, -0.2) is 14.3 Å². The van der Waals surface area contributed by atoms with Crippen LogP contribution in [0.2, 0.25) is 10.0 Å². The number of hydrogen-bond acceptors (Lipinski definition) is 5. The second-order valence-corrected chi connectivity index (χ2v) is 8.38. The molecule has 0 unspecified atom stereocenters. The second kappa shape index (κ2) is 8.60. The molecule has 0 fully saturated rings. The molecule has 7 nitrogen and oxygen atoms in total. The van der Waals surface area contributed by atoms with Crippen LogP contribution in [-0.2, 0) is 10.0 Å². The fourth-order valence-corrected chi connectivity index (χ4v) is 3.83. The van der Waals surface area contributed by atoms with Gasteiger partial charge in [-0.1, -0.05) is 29.3 Å². The molecule has 0 saturated carbocycles. The lowest BCUT2D eigenvalue weighted by molar-refractivity contribution is 0.102. The molecule has 3 aromatic carbocycles. The van der Waals surface area contributed by atoms with Gasteiger partial charge in [0.2, 0.25) is 0 Å². The topological polar surface area (TPSA) is 105 Å². The molecule has 0 aromatic heterocycles. The standard InChI is InChI=1S/C19H13Cl2N3O4S/c20-12-4-6-13(7-5-12)24-29(27,28)16-8-9-18(21)17(11-16)19(25)22-14-2-1-3-15(10-14)23-26/h1-11,24H,(H,22,25). The molecule has 1 amide bonds. The molecule has 0 aliphatic carbocycles. The molecular weight excluding hydrogens is 437 g/mol. The molecule has 148 valence electrons. The van der Waals surface area contributed by atoms with Gasteiger partial charge in [0.1, 0.15) is 5.69 Å². The minimum Gasteiger partial charge on any atom is -0.322 e. The predicted octanol–water partition coefficient (Wildman–Crippen LogP) is 5.44. The zero-order valence-electron chi connectivity index (χ0n) is 14.6. The number of sulfonamides is 1. The Morgan fingerprint density at radius 2 is 1.62 bits per heavy atom. The van der Waals surface area contributed by atoms with Gasteiger partial charge in [-0.05, 0) is 65.8 Å². The number of anilines is 2. The van der Waals surface area contributed by atoms with Crippen molar-refractivity contribution in [1.29, 1.82) is 0 Å². The number of nitroso groups, excluding NO2 is 1. The Balaban J connectivity index is 1.87. The number of nitrogens with zero attached hydrogens (tertiary/aromatic N) is 1. The first kappa shape index (κ1) is 20.8. The summed E-state index contributed by atoms with van der Waals surface area (Å²) in [5.74, 6) is -0.637.